The molecular formula is C13H9FN2O2. The summed E-state index contributed by atoms with van der Waals surface area (Å²) < 4.78 is 18.5. The Bertz CT molecular complexity index is 682. The topological polar surface area (TPSA) is 59.2 Å². The van der Waals surface area contributed by atoms with Crippen LogP contribution in [-0.2, 0) is 0 Å². The van der Waals surface area contributed by atoms with E-state index in [1.807, 2.05) is 0 Å². The van der Waals surface area contributed by atoms with Gasteiger partial charge in [0.2, 0.25) is 0 Å². The molecular weight excluding hydrogens is 235 g/mol. The van der Waals surface area contributed by atoms with Gasteiger partial charge in [-0.05, 0) is 30.3 Å². The first-order valence-corrected chi connectivity index (χ1v) is 5.38. The smallest absolute Gasteiger partial charge is 0.171 e. The number of benzene rings is 1. The van der Waals surface area contributed by atoms with Gasteiger partial charge in [0.05, 0.1) is 0 Å². The van der Waals surface area contributed by atoms with E-state index in [0.29, 0.717) is 16.7 Å². The van der Waals surface area contributed by atoms with E-state index in [0.717, 1.165) is 0 Å². The second kappa shape index (κ2) is 4.19. The summed E-state index contributed by atoms with van der Waals surface area (Å²) in [5.74, 6) is 0.194. The van der Waals surface area contributed by atoms with Gasteiger partial charge in [-0.2, -0.15) is 0 Å². The molecule has 0 saturated carbocycles. The zero-order valence-corrected chi connectivity index (χ0v) is 9.25. The van der Waals surface area contributed by atoms with Crippen LogP contribution in [0.5, 0.6) is 0 Å². The lowest BCUT2D eigenvalue weighted by molar-refractivity contribution is 0.182. The molecule has 1 unspecified atom stereocenters. The van der Waals surface area contributed by atoms with Crippen LogP contribution in [0.4, 0.5) is 4.39 Å². The lowest BCUT2D eigenvalue weighted by atomic mass is 10.2. The maximum atomic E-state index is 13.0. The van der Waals surface area contributed by atoms with Crippen molar-refractivity contribution in [3.05, 3.63) is 60.1 Å². The van der Waals surface area contributed by atoms with Crippen LogP contribution in [0.3, 0.4) is 0 Å². The first-order valence-electron chi connectivity index (χ1n) is 5.38. The first-order chi connectivity index (χ1) is 8.74. The summed E-state index contributed by atoms with van der Waals surface area (Å²) in [5.41, 5.74) is 0.515. The van der Waals surface area contributed by atoms with Crippen molar-refractivity contribution in [2.24, 2.45) is 0 Å². The minimum atomic E-state index is -1.05. The van der Waals surface area contributed by atoms with Crippen molar-refractivity contribution >= 4 is 11.0 Å². The van der Waals surface area contributed by atoms with E-state index in [9.17, 15) is 9.50 Å². The van der Waals surface area contributed by atoms with Gasteiger partial charge in [0.1, 0.15) is 17.2 Å². The molecule has 1 N–H and O–H groups in total. The molecule has 4 nitrogen and oxygen atoms in total. The third-order valence-corrected chi connectivity index (χ3v) is 2.60. The summed E-state index contributed by atoms with van der Waals surface area (Å²) in [7, 11) is 0. The molecule has 0 amide bonds. The highest BCUT2D eigenvalue weighted by atomic mass is 19.1. The molecule has 0 aliphatic carbocycles. The van der Waals surface area contributed by atoms with Crippen LogP contribution in [0.2, 0.25) is 0 Å². The highest BCUT2D eigenvalue weighted by molar-refractivity contribution is 5.78. The molecule has 0 saturated heterocycles. The number of hydrogen-bond donors (Lipinski definition) is 1. The highest BCUT2D eigenvalue weighted by Crippen LogP contribution is 2.26. The van der Waals surface area contributed by atoms with Crippen LogP contribution in [0, 0.1) is 5.82 Å². The molecule has 18 heavy (non-hydrogen) atoms. The summed E-state index contributed by atoms with van der Waals surface area (Å²) in [6, 6.07) is 7.42. The van der Waals surface area contributed by atoms with Crippen LogP contribution in [-0.4, -0.2) is 15.1 Å². The Morgan fingerprint density at radius 1 is 1.17 bits per heavy atom. The van der Waals surface area contributed by atoms with E-state index in [1.165, 1.54) is 30.6 Å². The Hall–Kier alpha value is -2.27. The molecule has 1 atom stereocenters. The fourth-order valence-electron chi connectivity index (χ4n) is 1.75. The van der Waals surface area contributed by atoms with Crippen molar-refractivity contribution in [1.29, 1.82) is 0 Å². The number of fused-ring (bicyclic) bond motifs is 1. The third-order valence-electron chi connectivity index (χ3n) is 2.60. The summed E-state index contributed by atoms with van der Waals surface area (Å²) in [4.78, 5) is 7.90. The van der Waals surface area contributed by atoms with Gasteiger partial charge in [-0.15, -0.1) is 0 Å². The van der Waals surface area contributed by atoms with Gasteiger partial charge < -0.3 is 9.52 Å². The van der Waals surface area contributed by atoms with Crippen molar-refractivity contribution in [1.82, 2.24) is 9.97 Å². The highest BCUT2D eigenvalue weighted by Gasteiger charge is 2.17. The molecule has 0 spiro atoms. The molecule has 5 heteroatoms. The summed E-state index contributed by atoms with van der Waals surface area (Å²) in [6.45, 7) is 0. The van der Waals surface area contributed by atoms with E-state index < -0.39 is 6.10 Å². The quantitative estimate of drug-likeness (QED) is 0.752. The Morgan fingerprint density at radius 3 is 2.72 bits per heavy atom. The van der Waals surface area contributed by atoms with E-state index in [1.54, 1.807) is 12.1 Å². The summed E-state index contributed by atoms with van der Waals surface area (Å²) in [6.07, 6.45) is 2.02. The fourth-order valence-corrected chi connectivity index (χ4v) is 1.75. The first kappa shape index (κ1) is 10.9. The Kier molecular flexibility index (Phi) is 2.53. The number of rotatable bonds is 2. The molecule has 1 aromatic carbocycles. The Labute approximate surface area is 102 Å². The molecule has 0 radical (unpaired) electrons. The Morgan fingerprint density at radius 2 is 1.94 bits per heavy atom. The number of halogens is 1. The van der Waals surface area contributed by atoms with Crippen molar-refractivity contribution in [3.63, 3.8) is 0 Å². The summed E-state index contributed by atoms with van der Waals surface area (Å²) in [5, 5.41) is 10.6. The van der Waals surface area contributed by atoms with Gasteiger partial charge in [-0.1, -0.05) is 0 Å². The number of aliphatic hydroxyl groups excluding tert-OH is 1. The van der Waals surface area contributed by atoms with E-state index in [2.05, 4.69) is 9.97 Å². The van der Waals surface area contributed by atoms with Crippen molar-refractivity contribution in [2.45, 2.75) is 6.10 Å². The predicted molar refractivity (Wildman–Crippen MR) is 62.3 cm³/mol. The summed E-state index contributed by atoms with van der Waals surface area (Å²) >= 11 is 0. The molecule has 0 aliphatic heterocycles. The van der Waals surface area contributed by atoms with Gasteiger partial charge in [-0.3, -0.25) is 0 Å². The van der Waals surface area contributed by atoms with Gasteiger partial charge in [-0.25, -0.2) is 14.4 Å². The van der Waals surface area contributed by atoms with E-state index in [-0.39, 0.29) is 11.6 Å². The Balaban J connectivity index is 2.04. The molecule has 3 rings (SSSR count). The lowest BCUT2D eigenvalue weighted by Gasteiger charge is -2.04. The molecule has 3 aromatic rings. The third kappa shape index (κ3) is 1.84. The van der Waals surface area contributed by atoms with E-state index in [4.69, 9.17) is 4.42 Å². The van der Waals surface area contributed by atoms with Gasteiger partial charge in [0, 0.05) is 17.8 Å². The largest absolute Gasteiger partial charge is 0.458 e. The average molecular weight is 244 g/mol. The second-order valence-electron chi connectivity index (χ2n) is 3.84. The van der Waals surface area contributed by atoms with Crippen molar-refractivity contribution < 1.29 is 13.9 Å². The lowest BCUT2D eigenvalue weighted by Crippen LogP contribution is -2.03. The van der Waals surface area contributed by atoms with Crippen LogP contribution < -0.4 is 0 Å². The minimum Gasteiger partial charge on any atom is -0.458 e. The van der Waals surface area contributed by atoms with Crippen LogP contribution in [0.15, 0.2) is 47.1 Å². The minimum absolute atomic E-state index is 0.247. The average Bonchev–Trinajstić information content (AvgIpc) is 2.81. The zero-order chi connectivity index (χ0) is 12.5. The van der Waals surface area contributed by atoms with E-state index >= 15 is 0 Å². The number of furan rings is 1. The normalized spacial score (nSPS) is 12.8. The molecule has 0 aliphatic rings. The zero-order valence-electron chi connectivity index (χ0n) is 9.25. The van der Waals surface area contributed by atoms with Gasteiger partial charge >= 0.3 is 0 Å². The van der Waals surface area contributed by atoms with Gasteiger partial charge in [0.25, 0.3) is 0 Å². The number of aromatic nitrogens is 2. The molecule has 0 bridgehead atoms. The monoisotopic (exact) mass is 244 g/mol. The molecule has 2 aromatic heterocycles. The van der Waals surface area contributed by atoms with Crippen LogP contribution in [0.25, 0.3) is 11.0 Å². The molecule has 90 valence electrons. The van der Waals surface area contributed by atoms with Gasteiger partial charge in [0.15, 0.2) is 11.9 Å². The standard InChI is InChI=1S/C13H9FN2O2/c14-9-2-3-10-8(6-9)7-11(18-10)12(17)13-15-4-1-5-16-13/h1-7,12,17H. The maximum absolute atomic E-state index is 13.0. The second-order valence-corrected chi connectivity index (χ2v) is 3.84. The predicted octanol–water partition coefficient (Wildman–Crippen LogP) is 2.44. The maximum Gasteiger partial charge on any atom is 0.171 e. The van der Waals surface area contributed by atoms with Crippen LogP contribution in [0.1, 0.15) is 17.7 Å². The molecule has 2 heterocycles. The van der Waals surface area contributed by atoms with Crippen molar-refractivity contribution in [2.75, 3.05) is 0 Å². The van der Waals surface area contributed by atoms with Crippen LogP contribution >= 0.6 is 0 Å². The SMILES string of the molecule is OC(c1ncccn1)c1cc2cc(F)ccc2o1. The van der Waals surface area contributed by atoms with Crippen molar-refractivity contribution in [3.8, 4) is 0 Å². The number of nitrogens with zero attached hydrogens (tertiary/aromatic N) is 2. The number of aliphatic hydroxyl groups is 1. The molecule has 0 fully saturated rings. The number of hydrogen-bond acceptors (Lipinski definition) is 4. The fraction of sp³-hybridized carbons (Fsp3) is 0.0769.